The molecule has 0 aromatic heterocycles. The third kappa shape index (κ3) is 5.38. The van der Waals surface area contributed by atoms with Gasteiger partial charge in [-0.05, 0) is 64.9 Å². The summed E-state index contributed by atoms with van der Waals surface area (Å²) < 4.78 is 24.3. The SMILES string of the molecule is COc1cc(/C=C2\SC(=O)N(Cc3ccccc3Cl)C2=O)ccc1OCc1ccc(F)cc1. The van der Waals surface area contributed by atoms with Crippen LogP contribution in [0.4, 0.5) is 9.18 Å². The van der Waals surface area contributed by atoms with Crippen molar-refractivity contribution in [1.82, 2.24) is 4.90 Å². The molecule has 33 heavy (non-hydrogen) atoms. The number of nitrogens with zero attached hydrogens (tertiary/aromatic N) is 1. The number of thioether (sulfide) groups is 1. The number of ether oxygens (including phenoxy) is 2. The Balaban J connectivity index is 1.49. The Morgan fingerprint density at radius 1 is 1.03 bits per heavy atom. The first-order valence-electron chi connectivity index (χ1n) is 9.98. The zero-order chi connectivity index (χ0) is 23.4. The van der Waals surface area contributed by atoms with E-state index >= 15 is 0 Å². The second-order valence-corrected chi connectivity index (χ2v) is 8.59. The van der Waals surface area contributed by atoms with Crippen LogP contribution in [0, 0.1) is 5.82 Å². The van der Waals surface area contributed by atoms with Crippen LogP contribution in [0.1, 0.15) is 16.7 Å². The van der Waals surface area contributed by atoms with E-state index in [0.29, 0.717) is 32.6 Å². The lowest BCUT2D eigenvalue weighted by molar-refractivity contribution is -0.123. The van der Waals surface area contributed by atoms with Crippen molar-refractivity contribution in [2.75, 3.05) is 7.11 Å². The summed E-state index contributed by atoms with van der Waals surface area (Å²) in [6, 6.07) is 18.4. The number of carbonyl (C=O) groups is 2. The number of imide groups is 1. The Labute approximate surface area is 199 Å². The van der Waals surface area contributed by atoms with Crippen molar-refractivity contribution in [3.8, 4) is 11.5 Å². The highest BCUT2D eigenvalue weighted by Gasteiger charge is 2.35. The summed E-state index contributed by atoms with van der Waals surface area (Å²) in [4.78, 5) is 26.8. The van der Waals surface area contributed by atoms with Crippen molar-refractivity contribution in [2.45, 2.75) is 13.2 Å². The fraction of sp³-hybridized carbons (Fsp3) is 0.120. The van der Waals surface area contributed by atoms with Gasteiger partial charge >= 0.3 is 0 Å². The molecule has 3 aromatic rings. The topological polar surface area (TPSA) is 55.8 Å². The molecule has 1 fully saturated rings. The highest BCUT2D eigenvalue weighted by atomic mass is 35.5. The van der Waals surface area contributed by atoms with E-state index in [2.05, 4.69) is 0 Å². The van der Waals surface area contributed by atoms with Crippen molar-refractivity contribution >= 4 is 40.6 Å². The standard InChI is InChI=1S/C25H19ClFNO4S/c1-31-22-12-17(8-11-21(22)32-15-16-6-9-19(27)10-7-16)13-23-24(29)28(25(30)33-23)14-18-4-2-3-5-20(18)26/h2-13H,14-15H2,1H3/b23-13-. The predicted molar refractivity (Wildman–Crippen MR) is 127 cm³/mol. The van der Waals surface area contributed by atoms with Gasteiger partial charge in [0.1, 0.15) is 12.4 Å². The van der Waals surface area contributed by atoms with Gasteiger partial charge in [0.2, 0.25) is 0 Å². The fourth-order valence-corrected chi connectivity index (χ4v) is 4.25. The number of hydrogen-bond donors (Lipinski definition) is 0. The molecular formula is C25H19ClFNO4S. The first-order chi connectivity index (χ1) is 15.9. The summed E-state index contributed by atoms with van der Waals surface area (Å²) in [5.41, 5.74) is 2.20. The summed E-state index contributed by atoms with van der Waals surface area (Å²) in [7, 11) is 1.52. The maximum absolute atomic E-state index is 13.1. The second-order valence-electron chi connectivity index (χ2n) is 7.18. The summed E-state index contributed by atoms with van der Waals surface area (Å²) in [5.74, 6) is 0.296. The Morgan fingerprint density at radius 3 is 2.52 bits per heavy atom. The first-order valence-corrected chi connectivity index (χ1v) is 11.2. The molecule has 1 heterocycles. The number of hydrogen-bond acceptors (Lipinski definition) is 5. The third-order valence-electron chi connectivity index (χ3n) is 4.95. The van der Waals surface area contributed by atoms with Gasteiger partial charge in [0, 0.05) is 5.02 Å². The molecule has 0 N–H and O–H groups in total. The Kier molecular flexibility index (Phi) is 7.01. The van der Waals surface area contributed by atoms with Gasteiger partial charge in [0.15, 0.2) is 11.5 Å². The molecule has 168 valence electrons. The van der Waals surface area contributed by atoms with E-state index in [9.17, 15) is 14.0 Å². The lowest BCUT2D eigenvalue weighted by Crippen LogP contribution is -2.27. The molecule has 0 spiro atoms. The van der Waals surface area contributed by atoms with Crippen LogP contribution in [0.5, 0.6) is 11.5 Å². The number of halogens is 2. The Hall–Kier alpha value is -3.29. The highest BCUT2D eigenvalue weighted by molar-refractivity contribution is 8.18. The smallest absolute Gasteiger partial charge is 0.293 e. The van der Waals surface area contributed by atoms with Gasteiger partial charge < -0.3 is 9.47 Å². The molecule has 0 unspecified atom stereocenters. The molecule has 0 bridgehead atoms. The van der Waals surface area contributed by atoms with E-state index in [1.54, 1.807) is 54.6 Å². The van der Waals surface area contributed by atoms with Crippen molar-refractivity contribution < 1.29 is 23.5 Å². The average molecular weight is 484 g/mol. The quantitative estimate of drug-likeness (QED) is 0.369. The molecule has 0 radical (unpaired) electrons. The van der Waals surface area contributed by atoms with Crippen LogP contribution in [0.2, 0.25) is 5.02 Å². The number of benzene rings is 3. The monoisotopic (exact) mass is 483 g/mol. The van der Waals surface area contributed by atoms with Crippen LogP contribution in [-0.4, -0.2) is 23.2 Å². The largest absolute Gasteiger partial charge is 0.493 e. The Bertz CT molecular complexity index is 1230. The second kappa shape index (κ2) is 10.1. The Morgan fingerprint density at radius 2 is 1.79 bits per heavy atom. The third-order valence-corrected chi connectivity index (χ3v) is 6.23. The minimum atomic E-state index is -0.375. The van der Waals surface area contributed by atoms with Gasteiger partial charge in [-0.15, -0.1) is 0 Å². The van der Waals surface area contributed by atoms with Crippen LogP contribution in [-0.2, 0) is 17.9 Å². The van der Waals surface area contributed by atoms with Gasteiger partial charge in [0.05, 0.1) is 18.6 Å². The van der Waals surface area contributed by atoms with Crippen molar-refractivity contribution in [1.29, 1.82) is 0 Å². The van der Waals surface area contributed by atoms with E-state index in [4.69, 9.17) is 21.1 Å². The van der Waals surface area contributed by atoms with Gasteiger partial charge in [-0.2, -0.15) is 0 Å². The van der Waals surface area contributed by atoms with Crippen LogP contribution in [0.15, 0.2) is 71.6 Å². The normalized spacial score (nSPS) is 14.8. The fourth-order valence-electron chi connectivity index (χ4n) is 3.22. The lowest BCUT2D eigenvalue weighted by Gasteiger charge is -2.13. The molecule has 0 aliphatic carbocycles. The molecule has 2 amide bonds. The molecule has 0 saturated carbocycles. The van der Waals surface area contributed by atoms with Crippen molar-refractivity contribution in [2.24, 2.45) is 0 Å². The molecule has 1 aliphatic rings. The number of carbonyl (C=O) groups excluding carboxylic acids is 2. The molecule has 3 aromatic carbocycles. The maximum atomic E-state index is 13.1. The van der Waals surface area contributed by atoms with Gasteiger partial charge in [0.25, 0.3) is 11.1 Å². The van der Waals surface area contributed by atoms with E-state index in [0.717, 1.165) is 17.3 Å². The van der Waals surface area contributed by atoms with E-state index in [1.807, 2.05) is 6.07 Å². The summed E-state index contributed by atoms with van der Waals surface area (Å²) in [6.45, 7) is 0.359. The van der Waals surface area contributed by atoms with Crippen molar-refractivity contribution in [3.63, 3.8) is 0 Å². The molecule has 1 aliphatic heterocycles. The first kappa shape index (κ1) is 22.9. The summed E-state index contributed by atoms with van der Waals surface area (Å²) >= 11 is 7.05. The molecule has 4 rings (SSSR count). The zero-order valence-corrected chi connectivity index (χ0v) is 19.2. The van der Waals surface area contributed by atoms with Crippen LogP contribution in [0.3, 0.4) is 0 Å². The molecule has 8 heteroatoms. The van der Waals surface area contributed by atoms with Gasteiger partial charge in [-0.25, -0.2) is 4.39 Å². The maximum Gasteiger partial charge on any atom is 0.293 e. The summed E-state index contributed by atoms with van der Waals surface area (Å²) in [6.07, 6.45) is 1.64. The number of rotatable bonds is 7. The highest BCUT2D eigenvalue weighted by Crippen LogP contribution is 2.36. The van der Waals surface area contributed by atoms with E-state index in [-0.39, 0.29) is 30.1 Å². The van der Waals surface area contributed by atoms with E-state index < -0.39 is 0 Å². The molecule has 0 atom stereocenters. The van der Waals surface area contributed by atoms with Gasteiger partial charge in [-0.1, -0.05) is 48.0 Å². The molecule has 1 saturated heterocycles. The van der Waals surface area contributed by atoms with Crippen LogP contribution in [0.25, 0.3) is 6.08 Å². The van der Waals surface area contributed by atoms with Crippen molar-refractivity contribution in [3.05, 3.63) is 99.2 Å². The minimum Gasteiger partial charge on any atom is -0.493 e. The molecular weight excluding hydrogens is 465 g/mol. The van der Waals surface area contributed by atoms with Crippen LogP contribution >= 0.6 is 23.4 Å². The lowest BCUT2D eigenvalue weighted by atomic mass is 10.1. The zero-order valence-electron chi connectivity index (χ0n) is 17.6. The molecule has 5 nitrogen and oxygen atoms in total. The summed E-state index contributed by atoms with van der Waals surface area (Å²) in [5, 5.41) is 0.152. The van der Waals surface area contributed by atoms with Gasteiger partial charge in [-0.3, -0.25) is 14.5 Å². The van der Waals surface area contributed by atoms with Crippen LogP contribution < -0.4 is 9.47 Å². The number of amides is 2. The predicted octanol–water partition coefficient (Wildman–Crippen LogP) is 6.30. The minimum absolute atomic E-state index is 0.112. The van der Waals surface area contributed by atoms with E-state index in [1.165, 1.54) is 24.1 Å². The average Bonchev–Trinajstić information content (AvgIpc) is 3.07. The number of methoxy groups -OCH3 is 1.